The second-order valence-electron chi connectivity index (χ2n) is 4.01. The van der Waals surface area contributed by atoms with Crippen molar-refractivity contribution in [2.45, 2.75) is 13.0 Å². The van der Waals surface area contributed by atoms with Crippen LogP contribution in [0, 0.1) is 0 Å². The molecule has 0 saturated carbocycles. The summed E-state index contributed by atoms with van der Waals surface area (Å²) in [5.74, 6) is 0.796. The summed E-state index contributed by atoms with van der Waals surface area (Å²) in [5, 5.41) is 3.32. The van der Waals surface area contributed by atoms with Gasteiger partial charge in [-0.3, -0.25) is 4.98 Å². The van der Waals surface area contributed by atoms with E-state index in [-0.39, 0.29) is 6.10 Å². The molecule has 3 heteroatoms. The lowest BCUT2D eigenvalue weighted by Gasteiger charge is -2.19. The number of likely N-dealkylation sites (N-methyl/N-ethyl adjacent to an activating group) is 1. The molecule has 3 nitrogen and oxygen atoms in total. The maximum Gasteiger partial charge on any atom is 0.138 e. The quantitative estimate of drug-likeness (QED) is 0.845. The van der Waals surface area contributed by atoms with Crippen LogP contribution >= 0.6 is 0 Å². The Balaban J connectivity index is 2.10. The van der Waals surface area contributed by atoms with Crippen molar-refractivity contribution in [1.82, 2.24) is 10.3 Å². The van der Waals surface area contributed by atoms with Crippen LogP contribution in [0.25, 0.3) is 0 Å². The summed E-state index contributed by atoms with van der Waals surface area (Å²) in [6.07, 6.45) is 3.49. The van der Waals surface area contributed by atoms with Crippen molar-refractivity contribution in [1.29, 1.82) is 0 Å². The summed E-state index contributed by atoms with van der Waals surface area (Å²) >= 11 is 0. The first kappa shape index (κ1) is 12.6. The van der Waals surface area contributed by atoms with E-state index in [4.69, 9.17) is 4.74 Å². The van der Waals surface area contributed by atoms with Gasteiger partial charge in [0.25, 0.3) is 0 Å². The molecular formula is C15H18N2O. The van der Waals surface area contributed by atoms with Crippen LogP contribution in [0.4, 0.5) is 0 Å². The zero-order chi connectivity index (χ0) is 12.6. The van der Waals surface area contributed by atoms with Crippen LogP contribution in [0.3, 0.4) is 0 Å². The van der Waals surface area contributed by atoms with Crippen molar-refractivity contribution >= 4 is 0 Å². The number of rotatable bonds is 6. The maximum atomic E-state index is 5.98. The number of pyridine rings is 1. The Bertz CT molecular complexity index is 445. The molecule has 0 amide bonds. The van der Waals surface area contributed by atoms with Crippen LogP contribution in [0.5, 0.6) is 5.75 Å². The number of hydrogen-bond donors (Lipinski definition) is 1. The molecule has 2 rings (SSSR count). The van der Waals surface area contributed by atoms with E-state index in [1.165, 1.54) is 5.56 Å². The predicted octanol–water partition coefficient (Wildman–Crippen LogP) is 2.81. The molecule has 1 N–H and O–H groups in total. The number of ether oxygens (including phenoxy) is 1. The van der Waals surface area contributed by atoms with E-state index in [9.17, 15) is 0 Å². The van der Waals surface area contributed by atoms with Crippen LogP contribution in [-0.2, 0) is 0 Å². The minimum atomic E-state index is 0.00958. The van der Waals surface area contributed by atoms with Crippen molar-refractivity contribution in [2.24, 2.45) is 0 Å². The standard InChI is InChI=1S/C15H18N2O/c1-2-16-12-15(13-7-4-3-5-8-13)18-14-9-6-10-17-11-14/h3-11,15-16H,2,12H2,1H3. The van der Waals surface area contributed by atoms with Crippen LogP contribution in [0.2, 0.25) is 0 Å². The molecule has 0 fully saturated rings. The summed E-state index contributed by atoms with van der Waals surface area (Å²) in [6, 6.07) is 14.0. The number of nitrogens with one attached hydrogen (secondary N) is 1. The Morgan fingerprint density at radius 3 is 2.67 bits per heavy atom. The van der Waals surface area contributed by atoms with E-state index in [0.29, 0.717) is 0 Å². The molecule has 0 saturated heterocycles. The van der Waals surface area contributed by atoms with Gasteiger partial charge in [-0.1, -0.05) is 37.3 Å². The van der Waals surface area contributed by atoms with Crippen molar-refractivity contribution in [2.75, 3.05) is 13.1 Å². The smallest absolute Gasteiger partial charge is 0.138 e. The fourth-order valence-electron chi connectivity index (χ4n) is 1.75. The maximum absolute atomic E-state index is 5.98. The third-order valence-electron chi connectivity index (χ3n) is 2.66. The highest BCUT2D eigenvalue weighted by Crippen LogP contribution is 2.20. The number of nitrogens with zero attached hydrogens (tertiary/aromatic N) is 1. The van der Waals surface area contributed by atoms with Crippen LogP contribution in [0.15, 0.2) is 54.9 Å². The molecular weight excluding hydrogens is 224 g/mol. The van der Waals surface area contributed by atoms with E-state index in [1.807, 2.05) is 30.3 Å². The Labute approximate surface area is 108 Å². The Hall–Kier alpha value is -1.87. The molecule has 18 heavy (non-hydrogen) atoms. The van der Waals surface area contributed by atoms with Crippen LogP contribution < -0.4 is 10.1 Å². The molecule has 1 aromatic carbocycles. The molecule has 1 atom stereocenters. The number of hydrogen-bond acceptors (Lipinski definition) is 3. The molecule has 1 unspecified atom stereocenters. The van der Waals surface area contributed by atoms with Crippen molar-refractivity contribution < 1.29 is 4.74 Å². The predicted molar refractivity (Wildman–Crippen MR) is 72.6 cm³/mol. The number of aromatic nitrogens is 1. The third-order valence-corrected chi connectivity index (χ3v) is 2.66. The molecule has 94 valence electrons. The highest BCUT2D eigenvalue weighted by Gasteiger charge is 2.12. The first-order valence-corrected chi connectivity index (χ1v) is 6.22. The molecule has 1 aromatic heterocycles. The van der Waals surface area contributed by atoms with Crippen molar-refractivity contribution in [3.63, 3.8) is 0 Å². The second-order valence-corrected chi connectivity index (χ2v) is 4.01. The van der Waals surface area contributed by atoms with Crippen molar-refractivity contribution in [3.05, 3.63) is 60.4 Å². The van der Waals surface area contributed by atoms with Gasteiger partial charge in [0.1, 0.15) is 11.9 Å². The molecule has 0 aliphatic rings. The highest BCUT2D eigenvalue weighted by molar-refractivity contribution is 5.22. The van der Waals surface area contributed by atoms with Gasteiger partial charge in [0.2, 0.25) is 0 Å². The van der Waals surface area contributed by atoms with E-state index in [0.717, 1.165) is 18.8 Å². The minimum Gasteiger partial charge on any atom is -0.483 e. The van der Waals surface area contributed by atoms with E-state index >= 15 is 0 Å². The molecule has 0 bridgehead atoms. The van der Waals surface area contributed by atoms with Gasteiger partial charge in [-0.25, -0.2) is 0 Å². The Morgan fingerprint density at radius 2 is 2.00 bits per heavy atom. The summed E-state index contributed by atoms with van der Waals surface area (Å²) < 4.78 is 5.98. The second kappa shape index (κ2) is 6.77. The molecule has 0 aliphatic heterocycles. The summed E-state index contributed by atoms with van der Waals surface area (Å²) in [7, 11) is 0. The SMILES string of the molecule is CCNCC(Oc1cccnc1)c1ccccc1. The lowest BCUT2D eigenvalue weighted by Crippen LogP contribution is -2.24. The first-order valence-electron chi connectivity index (χ1n) is 6.22. The third kappa shape index (κ3) is 3.57. The first-order chi connectivity index (χ1) is 8.90. The summed E-state index contributed by atoms with van der Waals surface area (Å²) in [5.41, 5.74) is 1.17. The van der Waals surface area contributed by atoms with Gasteiger partial charge in [0.15, 0.2) is 0 Å². The average Bonchev–Trinajstić information content (AvgIpc) is 2.45. The fraction of sp³-hybridized carbons (Fsp3) is 0.267. The highest BCUT2D eigenvalue weighted by atomic mass is 16.5. The zero-order valence-electron chi connectivity index (χ0n) is 10.5. The Kier molecular flexibility index (Phi) is 4.73. The molecule has 0 spiro atoms. The molecule has 1 heterocycles. The van der Waals surface area contributed by atoms with Crippen molar-refractivity contribution in [3.8, 4) is 5.75 Å². The molecule has 0 aliphatic carbocycles. The normalized spacial score (nSPS) is 12.1. The topological polar surface area (TPSA) is 34.1 Å². The minimum absolute atomic E-state index is 0.00958. The van der Waals surface area contributed by atoms with Gasteiger partial charge in [-0.2, -0.15) is 0 Å². The Morgan fingerprint density at radius 1 is 1.17 bits per heavy atom. The zero-order valence-corrected chi connectivity index (χ0v) is 10.5. The van der Waals surface area contributed by atoms with E-state index in [1.54, 1.807) is 12.4 Å². The van der Waals surface area contributed by atoms with Gasteiger partial charge < -0.3 is 10.1 Å². The molecule has 2 aromatic rings. The summed E-state index contributed by atoms with van der Waals surface area (Å²) in [4.78, 5) is 4.07. The van der Waals surface area contributed by atoms with Crippen LogP contribution in [-0.4, -0.2) is 18.1 Å². The number of benzene rings is 1. The van der Waals surface area contributed by atoms with Gasteiger partial charge in [-0.05, 0) is 24.2 Å². The average molecular weight is 242 g/mol. The molecule has 0 radical (unpaired) electrons. The van der Waals surface area contributed by atoms with Gasteiger partial charge >= 0.3 is 0 Å². The fourth-order valence-corrected chi connectivity index (χ4v) is 1.75. The van der Waals surface area contributed by atoms with E-state index in [2.05, 4.69) is 29.4 Å². The van der Waals surface area contributed by atoms with Gasteiger partial charge in [0.05, 0.1) is 6.20 Å². The monoisotopic (exact) mass is 242 g/mol. The lowest BCUT2D eigenvalue weighted by atomic mass is 10.1. The van der Waals surface area contributed by atoms with Gasteiger partial charge in [0, 0.05) is 12.7 Å². The van der Waals surface area contributed by atoms with E-state index < -0.39 is 0 Å². The largest absolute Gasteiger partial charge is 0.483 e. The lowest BCUT2D eigenvalue weighted by molar-refractivity contribution is 0.202. The van der Waals surface area contributed by atoms with Crippen LogP contribution in [0.1, 0.15) is 18.6 Å². The van der Waals surface area contributed by atoms with Gasteiger partial charge in [-0.15, -0.1) is 0 Å². The summed E-state index contributed by atoms with van der Waals surface area (Å²) in [6.45, 7) is 3.81.